The van der Waals surface area contributed by atoms with E-state index in [2.05, 4.69) is 10.4 Å². The molecule has 0 unspecified atom stereocenters. The van der Waals surface area contributed by atoms with Crippen LogP contribution in [0.1, 0.15) is 12.8 Å². The zero-order chi connectivity index (χ0) is 19.0. The normalized spacial score (nSPS) is 13.6. The summed E-state index contributed by atoms with van der Waals surface area (Å²) in [6.07, 6.45) is 2.07. The summed E-state index contributed by atoms with van der Waals surface area (Å²) in [6, 6.07) is 14.9. The number of nitrogens with zero attached hydrogens (tertiary/aromatic N) is 2. The average molecular weight is 421 g/mol. The van der Waals surface area contributed by atoms with Gasteiger partial charge in [0.25, 0.3) is 0 Å². The molecule has 7 heteroatoms. The maximum Gasteiger partial charge on any atom is 0.241 e. The van der Waals surface area contributed by atoms with Gasteiger partial charge in [-0.1, -0.05) is 59.1 Å². The van der Waals surface area contributed by atoms with Crippen LogP contribution in [0.3, 0.4) is 0 Å². The fourth-order valence-corrected chi connectivity index (χ4v) is 3.47. The van der Waals surface area contributed by atoms with Crippen molar-refractivity contribution in [1.82, 2.24) is 15.1 Å². The first kappa shape index (κ1) is 18.4. The molecule has 1 aliphatic carbocycles. The lowest BCUT2D eigenvalue weighted by Crippen LogP contribution is -2.29. The monoisotopic (exact) mass is 419 g/mol. The summed E-state index contributed by atoms with van der Waals surface area (Å²) in [7, 11) is 0. The van der Waals surface area contributed by atoms with Gasteiger partial charge in [-0.25, -0.2) is 0 Å². The number of carbonyl (C=O) groups excluding carboxylic acids is 1. The zero-order valence-corrected chi connectivity index (χ0v) is 16.5. The number of nitrogens with one attached hydrogen (secondary N) is 1. The molecule has 3 aromatic rings. The first-order chi connectivity index (χ1) is 13.0. The Morgan fingerprint density at radius 3 is 2.07 bits per heavy atom. The quantitative estimate of drug-likeness (QED) is 0.596. The van der Waals surface area contributed by atoms with Crippen LogP contribution in [0, 0.1) is 0 Å². The van der Waals surface area contributed by atoms with Crippen molar-refractivity contribution in [2.45, 2.75) is 25.4 Å². The predicted octanol–water partition coefficient (Wildman–Crippen LogP) is 5.46. The Morgan fingerprint density at radius 2 is 1.52 bits per heavy atom. The van der Waals surface area contributed by atoms with Crippen LogP contribution in [-0.4, -0.2) is 21.7 Å². The molecule has 2 aromatic carbocycles. The van der Waals surface area contributed by atoms with E-state index in [9.17, 15) is 4.79 Å². The van der Waals surface area contributed by atoms with Crippen LogP contribution in [0.15, 0.2) is 48.5 Å². The minimum absolute atomic E-state index is 0.0745. The molecular formula is C20H16Cl3N3O. The van der Waals surface area contributed by atoms with Gasteiger partial charge in [-0.15, -0.1) is 0 Å². The number of benzene rings is 2. The number of hydrogen-bond donors (Lipinski definition) is 1. The van der Waals surface area contributed by atoms with Gasteiger partial charge in [0.1, 0.15) is 12.2 Å². The van der Waals surface area contributed by atoms with Crippen molar-refractivity contribution in [1.29, 1.82) is 0 Å². The maximum absolute atomic E-state index is 12.3. The molecule has 1 fully saturated rings. The van der Waals surface area contributed by atoms with Gasteiger partial charge >= 0.3 is 0 Å². The van der Waals surface area contributed by atoms with Crippen LogP contribution in [0.5, 0.6) is 0 Å². The number of rotatable bonds is 5. The van der Waals surface area contributed by atoms with Gasteiger partial charge in [0.05, 0.1) is 10.7 Å². The SMILES string of the molecule is O=C(Cn1nc(-c2ccc(Cl)cc2)c(Cl)c1-c1ccc(Cl)cc1)NC1CC1. The molecule has 0 radical (unpaired) electrons. The summed E-state index contributed by atoms with van der Waals surface area (Å²) >= 11 is 18.7. The van der Waals surface area contributed by atoms with E-state index in [0.717, 1.165) is 24.0 Å². The molecule has 1 amide bonds. The minimum atomic E-state index is -0.0745. The number of aromatic nitrogens is 2. The second-order valence-electron chi connectivity index (χ2n) is 6.52. The number of carbonyl (C=O) groups is 1. The third-order valence-electron chi connectivity index (χ3n) is 4.37. The molecule has 0 atom stereocenters. The first-order valence-electron chi connectivity index (χ1n) is 8.59. The molecule has 1 heterocycles. The van der Waals surface area contributed by atoms with Crippen molar-refractivity contribution >= 4 is 40.7 Å². The summed E-state index contributed by atoms with van der Waals surface area (Å²) in [5.41, 5.74) is 2.97. The summed E-state index contributed by atoms with van der Waals surface area (Å²) in [5.74, 6) is -0.0745. The molecule has 0 spiro atoms. The third-order valence-corrected chi connectivity index (χ3v) is 5.23. The van der Waals surface area contributed by atoms with Gasteiger partial charge in [0, 0.05) is 27.2 Å². The van der Waals surface area contributed by atoms with Gasteiger partial charge in [0.2, 0.25) is 5.91 Å². The van der Waals surface area contributed by atoms with Crippen molar-refractivity contribution in [2.24, 2.45) is 0 Å². The summed E-state index contributed by atoms with van der Waals surface area (Å²) < 4.78 is 1.65. The Labute approximate surface area is 172 Å². The molecule has 1 aliphatic rings. The van der Waals surface area contributed by atoms with Crippen molar-refractivity contribution in [2.75, 3.05) is 0 Å². The number of hydrogen-bond acceptors (Lipinski definition) is 2. The van der Waals surface area contributed by atoms with Crippen LogP contribution in [0.4, 0.5) is 0 Å². The Hall–Kier alpha value is -2.01. The highest BCUT2D eigenvalue weighted by Gasteiger charge is 2.25. The molecule has 4 nitrogen and oxygen atoms in total. The largest absolute Gasteiger partial charge is 0.352 e. The molecule has 4 rings (SSSR count). The molecule has 0 aliphatic heterocycles. The maximum atomic E-state index is 12.3. The number of amides is 1. The Bertz CT molecular complexity index is 977. The molecule has 138 valence electrons. The predicted molar refractivity (Wildman–Crippen MR) is 109 cm³/mol. The minimum Gasteiger partial charge on any atom is -0.352 e. The van der Waals surface area contributed by atoms with Gasteiger partial charge in [0.15, 0.2) is 0 Å². The Balaban J connectivity index is 1.76. The van der Waals surface area contributed by atoms with Crippen molar-refractivity contribution in [3.63, 3.8) is 0 Å². The van der Waals surface area contributed by atoms with Crippen molar-refractivity contribution in [3.8, 4) is 22.5 Å². The first-order valence-corrected chi connectivity index (χ1v) is 9.72. The van der Waals surface area contributed by atoms with Crippen molar-refractivity contribution in [3.05, 3.63) is 63.6 Å². The van der Waals surface area contributed by atoms with E-state index >= 15 is 0 Å². The van der Waals surface area contributed by atoms with E-state index in [-0.39, 0.29) is 12.5 Å². The number of halogens is 3. The smallest absolute Gasteiger partial charge is 0.241 e. The molecule has 0 saturated heterocycles. The van der Waals surface area contributed by atoms with E-state index in [1.54, 1.807) is 28.9 Å². The molecule has 27 heavy (non-hydrogen) atoms. The van der Waals surface area contributed by atoms with Crippen LogP contribution in [0.25, 0.3) is 22.5 Å². The van der Waals surface area contributed by atoms with E-state index in [1.807, 2.05) is 24.3 Å². The van der Waals surface area contributed by atoms with Crippen molar-refractivity contribution < 1.29 is 4.79 Å². The molecule has 1 aromatic heterocycles. The Kier molecular flexibility index (Phi) is 5.13. The van der Waals surface area contributed by atoms with Crippen LogP contribution < -0.4 is 5.32 Å². The topological polar surface area (TPSA) is 46.9 Å². The average Bonchev–Trinajstić information content (AvgIpc) is 3.40. The second-order valence-corrected chi connectivity index (χ2v) is 7.78. The third kappa shape index (κ3) is 4.13. The fourth-order valence-electron chi connectivity index (χ4n) is 2.87. The second kappa shape index (κ2) is 7.55. The molecule has 1 saturated carbocycles. The lowest BCUT2D eigenvalue weighted by molar-refractivity contribution is -0.121. The van der Waals surface area contributed by atoms with E-state index in [0.29, 0.717) is 32.5 Å². The van der Waals surface area contributed by atoms with E-state index in [4.69, 9.17) is 34.8 Å². The highest BCUT2D eigenvalue weighted by Crippen LogP contribution is 2.37. The van der Waals surface area contributed by atoms with Gasteiger partial charge in [-0.05, 0) is 37.1 Å². The molecule has 1 N–H and O–H groups in total. The van der Waals surface area contributed by atoms with Crippen LogP contribution in [-0.2, 0) is 11.3 Å². The van der Waals surface area contributed by atoms with Gasteiger partial charge < -0.3 is 5.32 Å². The van der Waals surface area contributed by atoms with Crippen LogP contribution in [0.2, 0.25) is 15.1 Å². The lowest BCUT2D eigenvalue weighted by Gasteiger charge is -2.08. The molecule has 0 bridgehead atoms. The van der Waals surface area contributed by atoms with Crippen LogP contribution >= 0.6 is 34.8 Å². The zero-order valence-electron chi connectivity index (χ0n) is 14.3. The summed E-state index contributed by atoms with van der Waals surface area (Å²) in [6.45, 7) is 0.0990. The van der Waals surface area contributed by atoms with E-state index < -0.39 is 0 Å². The molecular weight excluding hydrogens is 405 g/mol. The fraction of sp³-hybridized carbons (Fsp3) is 0.200. The Morgan fingerprint density at radius 1 is 0.963 bits per heavy atom. The summed E-state index contributed by atoms with van der Waals surface area (Å²) in [5, 5.41) is 9.36. The van der Waals surface area contributed by atoms with E-state index in [1.165, 1.54) is 0 Å². The standard InChI is InChI=1S/C20H16Cl3N3O/c21-14-5-1-12(2-6-14)19-18(23)20(13-3-7-15(22)8-4-13)26(25-19)11-17(27)24-16-9-10-16/h1-8,16H,9-11H2,(H,24,27). The van der Waals surface area contributed by atoms with Gasteiger partial charge in [-0.2, -0.15) is 5.10 Å². The lowest BCUT2D eigenvalue weighted by atomic mass is 10.1. The highest BCUT2D eigenvalue weighted by molar-refractivity contribution is 6.36. The summed E-state index contributed by atoms with van der Waals surface area (Å²) in [4.78, 5) is 12.3. The van der Waals surface area contributed by atoms with Gasteiger partial charge in [-0.3, -0.25) is 9.48 Å². The highest BCUT2D eigenvalue weighted by atomic mass is 35.5.